The summed E-state index contributed by atoms with van der Waals surface area (Å²) in [6, 6.07) is 5.47. The lowest BCUT2D eigenvalue weighted by atomic mass is 10.2. The van der Waals surface area contributed by atoms with Crippen LogP contribution in [0, 0.1) is 11.3 Å². The molecule has 0 saturated carbocycles. The lowest BCUT2D eigenvalue weighted by Gasteiger charge is -2.08. The molecule has 3 aromatic rings. The van der Waals surface area contributed by atoms with Crippen LogP contribution in [-0.4, -0.2) is 18.7 Å². The molecule has 92 valence electrons. The van der Waals surface area contributed by atoms with Crippen LogP contribution in [-0.2, 0) is 0 Å². The summed E-state index contributed by atoms with van der Waals surface area (Å²) in [5.41, 5.74) is 2.15. The summed E-state index contributed by atoms with van der Waals surface area (Å²) in [4.78, 5) is 8.01. The topological polar surface area (TPSA) is 87.4 Å². The third-order valence-corrected chi connectivity index (χ3v) is 3.28. The molecule has 8 heteroatoms. The van der Waals surface area contributed by atoms with Gasteiger partial charge in [-0.05, 0) is 12.1 Å². The molecular weight excluding hydrogens is 284 g/mol. The van der Waals surface area contributed by atoms with Crippen LogP contribution in [0.15, 0.2) is 24.5 Å². The first-order chi connectivity index (χ1) is 9.29. The number of rotatable bonds is 2. The Kier molecular flexibility index (Phi) is 2.95. The van der Waals surface area contributed by atoms with Gasteiger partial charge >= 0.3 is 0 Å². The van der Waals surface area contributed by atoms with E-state index in [1.165, 1.54) is 12.4 Å². The number of nitriles is 1. The Hall–Kier alpha value is -2.30. The van der Waals surface area contributed by atoms with Crippen molar-refractivity contribution in [3.8, 4) is 6.07 Å². The normalized spacial score (nSPS) is 10.3. The average Bonchev–Trinajstić information content (AvgIpc) is 2.91. The molecular formula is C11H5ClN6S. The van der Waals surface area contributed by atoms with Gasteiger partial charge in [0.05, 0.1) is 22.4 Å². The van der Waals surface area contributed by atoms with Crippen molar-refractivity contribution in [2.75, 3.05) is 5.32 Å². The molecule has 1 aromatic carbocycles. The molecule has 2 aromatic heterocycles. The van der Waals surface area contributed by atoms with Crippen molar-refractivity contribution < 1.29 is 0 Å². The molecule has 0 amide bonds. The van der Waals surface area contributed by atoms with E-state index in [9.17, 15) is 0 Å². The van der Waals surface area contributed by atoms with Crippen molar-refractivity contribution in [1.29, 1.82) is 5.26 Å². The molecule has 0 atom stereocenters. The molecule has 1 N–H and O–H groups in total. The Bertz CT molecular complexity index is 793. The maximum atomic E-state index is 8.99. The highest BCUT2D eigenvalue weighted by Crippen LogP contribution is 2.32. The fraction of sp³-hybridized carbons (Fsp3) is 0. The maximum Gasteiger partial charge on any atom is 0.183 e. The van der Waals surface area contributed by atoms with E-state index in [2.05, 4.69) is 24.0 Å². The predicted octanol–water partition coefficient (Wildman–Crippen LogP) is 2.75. The SMILES string of the molecule is N#Cc1nccnc1Nc1c(Cl)ccc2nsnc12. The number of halogens is 1. The highest BCUT2D eigenvalue weighted by atomic mass is 35.5. The second kappa shape index (κ2) is 4.76. The van der Waals surface area contributed by atoms with Gasteiger partial charge in [0.1, 0.15) is 17.1 Å². The fourth-order valence-electron chi connectivity index (χ4n) is 1.58. The average molecular weight is 289 g/mol. The quantitative estimate of drug-likeness (QED) is 0.780. The van der Waals surface area contributed by atoms with Crippen LogP contribution in [0.1, 0.15) is 5.69 Å². The van der Waals surface area contributed by atoms with E-state index in [1.54, 1.807) is 12.1 Å². The van der Waals surface area contributed by atoms with Gasteiger partial charge in [-0.1, -0.05) is 11.6 Å². The van der Waals surface area contributed by atoms with Gasteiger partial charge in [-0.15, -0.1) is 0 Å². The van der Waals surface area contributed by atoms with Crippen molar-refractivity contribution in [2.45, 2.75) is 0 Å². The van der Waals surface area contributed by atoms with Gasteiger partial charge < -0.3 is 5.32 Å². The summed E-state index contributed by atoms with van der Waals surface area (Å²) >= 11 is 7.25. The number of hydrogen-bond donors (Lipinski definition) is 1. The zero-order valence-electron chi connectivity index (χ0n) is 9.33. The van der Waals surface area contributed by atoms with Crippen LogP contribution < -0.4 is 5.32 Å². The van der Waals surface area contributed by atoms with Crippen molar-refractivity contribution in [1.82, 2.24) is 18.7 Å². The van der Waals surface area contributed by atoms with E-state index in [4.69, 9.17) is 16.9 Å². The van der Waals surface area contributed by atoms with Crippen molar-refractivity contribution in [3.63, 3.8) is 0 Å². The number of anilines is 2. The zero-order chi connectivity index (χ0) is 13.2. The first-order valence-corrected chi connectivity index (χ1v) is 6.29. The monoisotopic (exact) mass is 288 g/mol. The highest BCUT2D eigenvalue weighted by molar-refractivity contribution is 7.00. The molecule has 0 fully saturated rings. The number of nitrogens with zero attached hydrogens (tertiary/aromatic N) is 5. The lowest BCUT2D eigenvalue weighted by molar-refractivity contribution is 1.16. The molecule has 0 saturated heterocycles. The molecule has 2 heterocycles. The maximum absolute atomic E-state index is 8.99. The second-order valence-electron chi connectivity index (χ2n) is 3.54. The van der Waals surface area contributed by atoms with E-state index in [0.29, 0.717) is 22.0 Å². The minimum absolute atomic E-state index is 0.193. The summed E-state index contributed by atoms with van der Waals surface area (Å²) in [7, 11) is 0. The summed E-state index contributed by atoms with van der Waals surface area (Å²) in [6.45, 7) is 0. The molecule has 19 heavy (non-hydrogen) atoms. The standard InChI is InChI=1S/C11H5ClN6S/c12-6-1-2-7-10(18-19-17-7)9(6)16-11-8(5-13)14-3-4-15-11/h1-4H,(H,15,16). The van der Waals surface area contributed by atoms with E-state index in [0.717, 1.165) is 17.2 Å². The largest absolute Gasteiger partial charge is 0.335 e. The Morgan fingerprint density at radius 1 is 1.21 bits per heavy atom. The number of benzene rings is 1. The molecule has 0 aliphatic rings. The Labute approximate surface area is 117 Å². The van der Waals surface area contributed by atoms with Crippen LogP contribution in [0.4, 0.5) is 11.5 Å². The number of hydrogen-bond acceptors (Lipinski definition) is 7. The van der Waals surface area contributed by atoms with Gasteiger partial charge in [0.25, 0.3) is 0 Å². The van der Waals surface area contributed by atoms with E-state index >= 15 is 0 Å². The summed E-state index contributed by atoms with van der Waals surface area (Å²) in [6.07, 6.45) is 2.95. The van der Waals surface area contributed by atoms with Gasteiger partial charge in [-0.3, -0.25) is 0 Å². The number of aromatic nitrogens is 4. The lowest BCUT2D eigenvalue weighted by Crippen LogP contribution is -1.99. The van der Waals surface area contributed by atoms with Crippen LogP contribution in [0.3, 0.4) is 0 Å². The van der Waals surface area contributed by atoms with Gasteiger partial charge in [0, 0.05) is 12.4 Å². The summed E-state index contributed by atoms with van der Waals surface area (Å²) < 4.78 is 8.32. The number of nitrogens with one attached hydrogen (secondary N) is 1. The molecule has 0 aliphatic carbocycles. The molecule has 3 rings (SSSR count). The number of fused-ring (bicyclic) bond motifs is 1. The van der Waals surface area contributed by atoms with Crippen molar-refractivity contribution >= 4 is 45.9 Å². The minimum atomic E-state index is 0.193. The van der Waals surface area contributed by atoms with Gasteiger partial charge in [-0.25, -0.2) is 9.97 Å². The van der Waals surface area contributed by atoms with Crippen LogP contribution >= 0.6 is 23.3 Å². The molecule has 0 bridgehead atoms. The predicted molar refractivity (Wildman–Crippen MR) is 72.5 cm³/mol. The first-order valence-electron chi connectivity index (χ1n) is 5.18. The zero-order valence-corrected chi connectivity index (χ0v) is 10.9. The minimum Gasteiger partial charge on any atom is -0.335 e. The third kappa shape index (κ3) is 2.07. The Morgan fingerprint density at radius 3 is 2.89 bits per heavy atom. The van der Waals surface area contributed by atoms with E-state index in [1.807, 2.05) is 6.07 Å². The van der Waals surface area contributed by atoms with E-state index in [-0.39, 0.29) is 5.69 Å². The molecule has 0 radical (unpaired) electrons. The summed E-state index contributed by atoms with van der Waals surface area (Å²) in [5, 5.41) is 12.5. The van der Waals surface area contributed by atoms with Crippen LogP contribution in [0.5, 0.6) is 0 Å². The Balaban J connectivity index is 2.13. The van der Waals surface area contributed by atoms with Crippen LogP contribution in [0.2, 0.25) is 5.02 Å². The van der Waals surface area contributed by atoms with Gasteiger partial charge in [-0.2, -0.15) is 14.0 Å². The molecule has 6 nitrogen and oxygen atoms in total. The van der Waals surface area contributed by atoms with Gasteiger partial charge in [0.15, 0.2) is 11.5 Å². The Morgan fingerprint density at radius 2 is 2.05 bits per heavy atom. The molecule has 0 spiro atoms. The van der Waals surface area contributed by atoms with Crippen molar-refractivity contribution in [3.05, 3.63) is 35.2 Å². The molecule has 0 unspecified atom stereocenters. The fourth-order valence-corrected chi connectivity index (χ4v) is 2.32. The first kappa shape index (κ1) is 11.8. The van der Waals surface area contributed by atoms with Crippen LogP contribution in [0.25, 0.3) is 11.0 Å². The van der Waals surface area contributed by atoms with E-state index < -0.39 is 0 Å². The smallest absolute Gasteiger partial charge is 0.183 e. The van der Waals surface area contributed by atoms with Gasteiger partial charge in [0.2, 0.25) is 0 Å². The highest BCUT2D eigenvalue weighted by Gasteiger charge is 2.13. The third-order valence-electron chi connectivity index (χ3n) is 2.42. The second-order valence-corrected chi connectivity index (χ2v) is 4.48. The molecule has 0 aliphatic heterocycles. The van der Waals surface area contributed by atoms with Crippen molar-refractivity contribution in [2.24, 2.45) is 0 Å². The summed E-state index contributed by atoms with van der Waals surface area (Å²) in [5.74, 6) is 0.340.